The molecule has 0 heteroatoms. The minimum Gasteiger partial charge on any atom is -0.0836 e. The summed E-state index contributed by atoms with van der Waals surface area (Å²) < 4.78 is 0. The SMILES string of the molecule is CC.CC.CC1=CC2CC=CC=C2C(c2c(C)c(C)cc3ccccc23)=C1C. The van der Waals surface area contributed by atoms with Crippen LogP contribution in [0.15, 0.2) is 71.4 Å². The molecule has 2 aromatic rings. The van der Waals surface area contributed by atoms with Gasteiger partial charge < -0.3 is 0 Å². The molecule has 0 aromatic heterocycles. The Morgan fingerprint density at radius 3 is 2.29 bits per heavy atom. The van der Waals surface area contributed by atoms with Crippen molar-refractivity contribution < 1.29 is 0 Å². The van der Waals surface area contributed by atoms with Gasteiger partial charge in [0, 0.05) is 5.92 Å². The molecule has 2 aliphatic carbocycles. The average molecular weight is 373 g/mol. The Bertz CT molecular complexity index is 961. The van der Waals surface area contributed by atoms with Gasteiger partial charge >= 0.3 is 0 Å². The van der Waals surface area contributed by atoms with Gasteiger partial charge in [-0.05, 0) is 78.3 Å². The minimum atomic E-state index is 0.521. The van der Waals surface area contributed by atoms with Crippen molar-refractivity contribution in [2.45, 2.75) is 61.8 Å². The lowest BCUT2D eigenvalue weighted by molar-refractivity contribution is 0.773. The molecule has 4 rings (SSSR count). The first-order chi connectivity index (χ1) is 13.6. The molecular formula is C28H36. The van der Waals surface area contributed by atoms with E-state index in [9.17, 15) is 0 Å². The largest absolute Gasteiger partial charge is 0.0836 e. The Labute approximate surface area is 172 Å². The van der Waals surface area contributed by atoms with Crippen molar-refractivity contribution in [3.05, 3.63) is 88.0 Å². The Kier molecular flexibility index (Phi) is 7.63. The van der Waals surface area contributed by atoms with Gasteiger partial charge in [0.2, 0.25) is 0 Å². The number of benzene rings is 2. The van der Waals surface area contributed by atoms with Gasteiger partial charge in [-0.2, -0.15) is 0 Å². The molecule has 0 heterocycles. The molecule has 0 aliphatic heterocycles. The zero-order chi connectivity index (χ0) is 20.8. The van der Waals surface area contributed by atoms with E-state index in [1.165, 1.54) is 49.8 Å². The van der Waals surface area contributed by atoms with Gasteiger partial charge in [-0.1, -0.05) is 87.9 Å². The van der Waals surface area contributed by atoms with Crippen molar-refractivity contribution in [2.24, 2.45) is 5.92 Å². The lowest BCUT2D eigenvalue weighted by Crippen LogP contribution is -2.13. The quantitative estimate of drug-likeness (QED) is 0.469. The van der Waals surface area contributed by atoms with Crippen molar-refractivity contribution >= 4 is 16.3 Å². The van der Waals surface area contributed by atoms with Crippen molar-refractivity contribution in [2.75, 3.05) is 0 Å². The highest BCUT2D eigenvalue weighted by atomic mass is 14.3. The number of hydrogen-bond donors (Lipinski definition) is 0. The van der Waals surface area contributed by atoms with Gasteiger partial charge in [0.25, 0.3) is 0 Å². The topological polar surface area (TPSA) is 0 Å². The molecule has 0 bridgehead atoms. The number of hydrogen-bond acceptors (Lipinski definition) is 0. The maximum Gasteiger partial charge on any atom is 0.00646 e. The second kappa shape index (κ2) is 9.73. The highest BCUT2D eigenvalue weighted by Crippen LogP contribution is 2.45. The smallest absolute Gasteiger partial charge is 0.00646 e. The van der Waals surface area contributed by atoms with Crippen LogP contribution in [0.1, 0.15) is 64.7 Å². The second-order valence-electron chi connectivity index (χ2n) is 7.16. The van der Waals surface area contributed by atoms with E-state index in [1.807, 2.05) is 27.7 Å². The first-order valence-electron chi connectivity index (χ1n) is 10.8. The summed E-state index contributed by atoms with van der Waals surface area (Å²) in [6, 6.07) is 11.1. The van der Waals surface area contributed by atoms with E-state index >= 15 is 0 Å². The molecule has 0 saturated heterocycles. The maximum absolute atomic E-state index is 2.45. The van der Waals surface area contributed by atoms with Crippen LogP contribution in [0.2, 0.25) is 0 Å². The summed E-state index contributed by atoms with van der Waals surface area (Å²) in [5.41, 5.74) is 10.0. The fraction of sp³-hybridized carbons (Fsp3) is 0.357. The van der Waals surface area contributed by atoms with Gasteiger partial charge in [0.15, 0.2) is 0 Å². The third-order valence-electron chi connectivity index (χ3n) is 5.73. The van der Waals surface area contributed by atoms with E-state index in [4.69, 9.17) is 0 Å². The first-order valence-corrected chi connectivity index (χ1v) is 10.8. The molecular weight excluding hydrogens is 336 g/mol. The van der Waals surface area contributed by atoms with Gasteiger partial charge in [-0.15, -0.1) is 0 Å². The molecule has 2 aliphatic rings. The van der Waals surface area contributed by atoms with E-state index in [0.29, 0.717) is 5.92 Å². The summed E-state index contributed by atoms with van der Waals surface area (Å²) in [6.07, 6.45) is 10.4. The third kappa shape index (κ3) is 3.92. The van der Waals surface area contributed by atoms with Gasteiger partial charge in [0.1, 0.15) is 0 Å². The van der Waals surface area contributed by atoms with Crippen LogP contribution in [0.3, 0.4) is 0 Å². The molecule has 0 fully saturated rings. The number of rotatable bonds is 1. The number of allylic oxidation sites excluding steroid dienone is 8. The Morgan fingerprint density at radius 2 is 1.57 bits per heavy atom. The molecule has 0 spiro atoms. The van der Waals surface area contributed by atoms with Crippen LogP contribution in [0.4, 0.5) is 0 Å². The number of aryl methyl sites for hydroxylation is 1. The summed E-state index contributed by atoms with van der Waals surface area (Å²) in [6.45, 7) is 17.1. The zero-order valence-electron chi connectivity index (χ0n) is 19.0. The third-order valence-corrected chi connectivity index (χ3v) is 5.73. The monoisotopic (exact) mass is 372 g/mol. The summed E-state index contributed by atoms with van der Waals surface area (Å²) >= 11 is 0. The van der Waals surface area contributed by atoms with Crippen molar-refractivity contribution in [3.8, 4) is 0 Å². The average Bonchev–Trinajstić information content (AvgIpc) is 2.74. The lowest BCUT2D eigenvalue weighted by Gasteiger charge is -2.31. The van der Waals surface area contributed by atoms with E-state index in [0.717, 1.165) is 6.42 Å². The number of fused-ring (bicyclic) bond motifs is 2. The van der Waals surface area contributed by atoms with Crippen LogP contribution in [0.25, 0.3) is 16.3 Å². The summed E-state index contributed by atoms with van der Waals surface area (Å²) in [5.74, 6) is 0.521. The Balaban J connectivity index is 0.000000660. The molecule has 28 heavy (non-hydrogen) atoms. The predicted octanol–water partition coefficient (Wildman–Crippen LogP) is 8.74. The fourth-order valence-electron chi connectivity index (χ4n) is 4.16. The van der Waals surface area contributed by atoms with E-state index in [2.05, 4.69) is 82.3 Å². The van der Waals surface area contributed by atoms with Crippen LogP contribution in [-0.2, 0) is 0 Å². The summed E-state index contributed by atoms with van der Waals surface area (Å²) in [4.78, 5) is 0. The van der Waals surface area contributed by atoms with Gasteiger partial charge in [-0.3, -0.25) is 0 Å². The molecule has 0 amide bonds. The normalized spacial score (nSPS) is 17.6. The van der Waals surface area contributed by atoms with Gasteiger partial charge in [-0.25, -0.2) is 0 Å². The van der Waals surface area contributed by atoms with E-state index < -0.39 is 0 Å². The lowest BCUT2D eigenvalue weighted by atomic mass is 9.73. The molecule has 1 atom stereocenters. The molecule has 0 radical (unpaired) electrons. The predicted molar refractivity (Wildman–Crippen MR) is 128 cm³/mol. The van der Waals surface area contributed by atoms with Crippen LogP contribution in [0.5, 0.6) is 0 Å². The molecule has 2 aromatic carbocycles. The van der Waals surface area contributed by atoms with Crippen LogP contribution in [-0.4, -0.2) is 0 Å². The molecule has 0 saturated carbocycles. The highest BCUT2D eigenvalue weighted by Gasteiger charge is 2.27. The van der Waals surface area contributed by atoms with Crippen molar-refractivity contribution in [1.29, 1.82) is 0 Å². The first kappa shape index (κ1) is 22.0. The minimum absolute atomic E-state index is 0.521. The van der Waals surface area contributed by atoms with Crippen LogP contribution >= 0.6 is 0 Å². The van der Waals surface area contributed by atoms with Crippen LogP contribution < -0.4 is 0 Å². The highest BCUT2D eigenvalue weighted by molar-refractivity contribution is 6.02. The Morgan fingerprint density at radius 1 is 0.893 bits per heavy atom. The Hall–Kier alpha value is -2.34. The summed E-state index contributed by atoms with van der Waals surface area (Å²) in [5, 5.41) is 2.71. The standard InChI is InChI=1S/C24H24.2C2H6/c1-15-13-19-9-5-7-11-21(19)23(17(15)3)24-18(4)16(2)14-20-10-6-8-12-22(20)24;2*1-2/h5-9,11-14,20H,10H2,1-4H3;2*1-2H3. The fourth-order valence-corrected chi connectivity index (χ4v) is 4.16. The molecule has 148 valence electrons. The molecule has 1 unspecified atom stereocenters. The molecule has 0 N–H and O–H groups in total. The zero-order valence-corrected chi connectivity index (χ0v) is 19.0. The maximum atomic E-state index is 2.45. The van der Waals surface area contributed by atoms with Crippen LogP contribution in [0, 0.1) is 19.8 Å². The van der Waals surface area contributed by atoms with E-state index in [1.54, 1.807) is 0 Å². The molecule has 0 nitrogen and oxygen atoms in total. The van der Waals surface area contributed by atoms with Crippen molar-refractivity contribution in [3.63, 3.8) is 0 Å². The summed E-state index contributed by atoms with van der Waals surface area (Å²) in [7, 11) is 0. The van der Waals surface area contributed by atoms with Gasteiger partial charge in [0.05, 0.1) is 0 Å². The van der Waals surface area contributed by atoms with E-state index in [-0.39, 0.29) is 0 Å². The second-order valence-corrected chi connectivity index (χ2v) is 7.16. The van der Waals surface area contributed by atoms with Crippen molar-refractivity contribution in [1.82, 2.24) is 0 Å².